The molecule has 3 rings (SSSR count). The van der Waals surface area contributed by atoms with Gasteiger partial charge in [0.25, 0.3) is 0 Å². The van der Waals surface area contributed by atoms with Crippen LogP contribution in [0, 0.1) is 0 Å². The van der Waals surface area contributed by atoms with Gasteiger partial charge in [0, 0.05) is 6.42 Å². The molecule has 3 aliphatic rings. The van der Waals surface area contributed by atoms with Gasteiger partial charge in [-0.15, -0.1) is 0 Å². The molecule has 4 atom stereocenters. The van der Waals surface area contributed by atoms with Gasteiger partial charge in [-0.05, 0) is 6.42 Å². The predicted molar refractivity (Wildman–Crippen MR) is 32.5 cm³/mol. The van der Waals surface area contributed by atoms with Crippen LogP contribution in [-0.2, 0) is 14.2 Å². The van der Waals surface area contributed by atoms with Crippen molar-refractivity contribution in [2.75, 3.05) is 6.61 Å². The van der Waals surface area contributed by atoms with Gasteiger partial charge in [0.05, 0.1) is 18.8 Å². The maximum atomic E-state index is 5.53. The van der Waals surface area contributed by atoms with Crippen molar-refractivity contribution < 1.29 is 14.2 Å². The molecule has 0 spiro atoms. The molecule has 0 N–H and O–H groups in total. The first-order valence-corrected chi connectivity index (χ1v) is 3.86. The highest BCUT2D eigenvalue weighted by Gasteiger charge is 2.53. The maximum absolute atomic E-state index is 5.53. The molecule has 3 nitrogen and oxygen atoms in total. The van der Waals surface area contributed by atoms with Gasteiger partial charge in [0.2, 0.25) is 0 Å². The summed E-state index contributed by atoms with van der Waals surface area (Å²) in [6.45, 7) is 0.849. The number of fused-ring (bicyclic) bond motifs is 4. The summed E-state index contributed by atoms with van der Waals surface area (Å²) in [6.07, 6.45) is 3.22. The second-order valence-electron chi connectivity index (χ2n) is 3.14. The molecule has 3 fully saturated rings. The van der Waals surface area contributed by atoms with E-state index in [1.54, 1.807) is 0 Å². The maximum Gasteiger partial charge on any atom is 0.160 e. The highest BCUT2D eigenvalue weighted by Crippen LogP contribution is 2.40. The number of epoxide rings is 1. The highest BCUT2D eigenvalue weighted by molar-refractivity contribution is 4.97. The van der Waals surface area contributed by atoms with Crippen LogP contribution in [-0.4, -0.2) is 31.2 Å². The molecule has 0 amide bonds. The van der Waals surface area contributed by atoms with Gasteiger partial charge in [-0.2, -0.15) is 0 Å². The van der Waals surface area contributed by atoms with E-state index in [1.165, 1.54) is 0 Å². The van der Waals surface area contributed by atoms with Crippen LogP contribution in [0.25, 0.3) is 0 Å². The topological polar surface area (TPSA) is 31.0 Å². The van der Waals surface area contributed by atoms with Gasteiger partial charge < -0.3 is 14.2 Å². The largest absolute Gasteiger partial charge is 0.367 e. The van der Waals surface area contributed by atoms with Crippen LogP contribution >= 0.6 is 0 Å². The van der Waals surface area contributed by atoms with E-state index >= 15 is 0 Å². The third-order valence-corrected chi connectivity index (χ3v) is 2.45. The van der Waals surface area contributed by atoms with Gasteiger partial charge >= 0.3 is 0 Å². The lowest BCUT2D eigenvalue weighted by Gasteiger charge is -2.32. The van der Waals surface area contributed by atoms with Gasteiger partial charge in [0.15, 0.2) is 6.29 Å². The lowest BCUT2D eigenvalue weighted by Crippen LogP contribution is -2.40. The summed E-state index contributed by atoms with van der Waals surface area (Å²) >= 11 is 0. The van der Waals surface area contributed by atoms with Crippen molar-refractivity contribution in [3.05, 3.63) is 0 Å². The summed E-state index contributed by atoms with van der Waals surface area (Å²) in [5.41, 5.74) is 0. The summed E-state index contributed by atoms with van der Waals surface area (Å²) in [5, 5.41) is 0. The Balaban J connectivity index is 1.82. The molecule has 0 aromatic carbocycles. The van der Waals surface area contributed by atoms with E-state index in [1.807, 2.05) is 0 Å². The zero-order valence-corrected chi connectivity index (χ0v) is 5.66. The van der Waals surface area contributed by atoms with Crippen molar-refractivity contribution >= 4 is 0 Å². The Morgan fingerprint density at radius 1 is 1.10 bits per heavy atom. The molecule has 0 radical (unpaired) electrons. The van der Waals surface area contributed by atoms with Crippen LogP contribution in [0.15, 0.2) is 0 Å². The van der Waals surface area contributed by atoms with Gasteiger partial charge in [-0.25, -0.2) is 0 Å². The molecule has 3 saturated heterocycles. The first-order valence-electron chi connectivity index (χ1n) is 3.86. The third kappa shape index (κ3) is 0.654. The standard InChI is InChI=1S/C7H10O3/c1-2-8-6-3-5-7(10-5)4(1)9-6/h4-7H,1-3H2/t4-,5+,6+,7-/m1/s1. The fraction of sp³-hybridized carbons (Fsp3) is 1.00. The Morgan fingerprint density at radius 3 is 3.10 bits per heavy atom. The summed E-state index contributed by atoms with van der Waals surface area (Å²) in [6, 6.07) is 0. The molecule has 0 aromatic heterocycles. The normalized spacial score (nSPS) is 57.6. The SMILES string of the molecule is C1C[C@H]2O[C@@H](C[C@@H]3O[C@@H]32)O1. The van der Waals surface area contributed by atoms with E-state index in [4.69, 9.17) is 14.2 Å². The van der Waals surface area contributed by atoms with Gasteiger partial charge in [-0.1, -0.05) is 0 Å². The quantitative estimate of drug-likeness (QED) is 0.455. The number of ether oxygens (including phenoxy) is 3. The zero-order valence-electron chi connectivity index (χ0n) is 5.66. The minimum absolute atomic E-state index is 0.0440. The average Bonchev–Trinajstić information content (AvgIpc) is 2.68. The average molecular weight is 142 g/mol. The van der Waals surface area contributed by atoms with Crippen LogP contribution in [0.5, 0.6) is 0 Å². The number of hydrogen-bond donors (Lipinski definition) is 0. The molecule has 3 heteroatoms. The predicted octanol–water partition coefficient (Wildman–Crippen LogP) is 0.289. The monoisotopic (exact) mass is 142 g/mol. The Morgan fingerprint density at radius 2 is 2.10 bits per heavy atom. The number of rotatable bonds is 0. The summed E-state index contributed by atoms with van der Waals surface area (Å²) in [5.74, 6) is 0. The lowest BCUT2D eigenvalue weighted by atomic mass is 10.0. The van der Waals surface area contributed by atoms with Gasteiger partial charge in [-0.3, -0.25) is 0 Å². The highest BCUT2D eigenvalue weighted by atomic mass is 16.7. The minimum Gasteiger partial charge on any atom is -0.367 e. The van der Waals surface area contributed by atoms with Crippen molar-refractivity contribution in [2.24, 2.45) is 0 Å². The molecule has 56 valence electrons. The Hall–Kier alpha value is -0.120. The second kappa shape index (κ2) is 1.72. The molecular formula is C7H10O3. The molecule has 0 saturated carbocycles. The molecule has 3 aliphatic heterocycles. The van der Waals surface area contributed by atoms with E-state index in [2.05, 4.69) is 0 Å². The summed E-state index contributed by atoms with van der Waals surface area (Å²) in [4.78, 5) is 0. The van der Waals surface area contributed by atoms with E-state index in [9.17, 15) is 0 Å². The lowest BCUT2D eigenvalue weighted by molar-refractivity contribution is -0.225. The van der Waals surface area contributed by atoms with E-state index in [0.29, 0.717) is 18.3 Å². The molecule has 2 bridgehead atoms. The fourth-order valence-electron chi connectivity index (χ4n) is 1.85. The molecule has 10 heavy (non-hydrogen) atoms. The second-order valence-corrected chi connectivity index (χ2v) is 3.14. The van der Waals surface area contributed by atoms with Crippen LogP contribution < -0.4 is 0 Å². The minimum atomic E-state index is 0.0440. The van der Waals surface area contributed by atoms with E-state index in [0.717, 1.165) is 19.4 Å². The summed E-state index contributed by atoms with van der Waals surface area (Å²) < 4.78 is 16.3. The fourth-order valence-corrected chi connectivity index (χ4v) is 1.85. The first-order chi connectivity index (χ1) is 4.93. The van der Waals surface area contributed by atoms with E-state index in [-0.39, 0.29) is 6.29 Å². The van der Waals surface area contributed by atoms with Gasteiger partial charge in [0.1, 0.15) is 6.10 Å². The Bertz CT molecular complexity index is 159. The van der Waals surface area contributed by atoms with E-state index < -0.39 is 0 Å². The zero-order chi connectivity index (χ0) is 6.55. The van der Waals surface area contributed by atoms with Crippen molar-refractivity contribution in [1.29, 1.82) is 0 Å². The van der Waals surface area contributed by atoms with Crippen LogP contribution in [0.4, 0.5) is 0 Å². The third-order valence-electron chi connectivity index (χ3n) is 2.45. The first kappa shape index (κ1) is 5.52. The molecule has 3 heterocycles. The number of hydrogen-bond acceptors (Lipinski definition) is 3. The molecule has 0 aromatic rings. The molecule has 0 unspecified atom stereocenters. The van der Waals surface area contributed by atoms with Crippen LogP contribution in [0.2, 0.25) is 0 Å². The Kier molecular flexibility index (Phi) is 0.952. The van der Waals surface area contributed by atoms with Crippen molar-refractivity contribution in [3.8, 4) is 0 Å². The van der Waals surface area contributed by atoms with Crippen LogP contribution in [0.1, 0.15) is 12.8 Å². The molecular weight excluding hydrogens is 132 g/mol. The Labute approximate surface area is 59.3 Å². The summed E-state index contributed by atoms with van der Waals surface area (Å²) in [7, 11) is 0. The van der Waals surface area contributed by atoms with Crippen molar-refractivity contribution in [1.82, 2.24) is 0 Å². The smallest absolute Gasteiger partial charge is 0.160 e. The van der Waals surface area contributed by atoms with Crippen molar-refractivity contribution in [3.63, 3.8) is 0 Å². The van der Waals surface area contributed by atoms with Crippen molar-refractivity contribution in [2.45, 2.75) is 37.4 Å². The molecule has 0 aliphatic carbocycles. The van der Waals surface area contributed by atoms with Crippen LogP contribution in [0.3, 0.4) is 0 Å².